The Bertz CT molecular complexity index is 541. The molecule has 5 heteroatoms. The third-order valence-electron chi connectivity index (χ3n) is 2.64. The van der Waals surface area contributed by atoms with E-state index in [1.54, 1.807) is 7.11 Å². The molecule has 2 aromatic carbocycles. The minimum Gasteiger partial charge on any atom is -0.497 e. The van der Waals surface area contributed by atoms with Gasteiger partial charge in [0, 0.05) is 5.69 Å². The molecule has 0 aromatic heterocycles. The standard InChI is InChI=1S/C15H17N3O.BrH/c1-19-14-9-7-12(8-10-14)11-17-15(16)18-13-5-3-2-4-6-13;/h2-10H,11H2,1H3,(H3,16,17,18);1H. The molecule has 3 N–H and O–H groups in total. The maximum atomic E-state index is 5.82. The first-order chi connectivity index (χ1) is 9.28. The lowest BCUT2D eigenvalue weighted by Crippen LogP contribution is -2.22. The monoisotopic (exact) mass is 335 g/mol. The number of nitrogens with two attached hydrogens (primary N) is 1. The maximum absolute atomic E-state index is 5.82. The van der Waals surface area contributed by atoms with Gasteiger partial charge in [-0.05, 0) is 29.8 Å². The van der Waals surface area contributed by atoms with Crippen molar-refractivity contribution < 1.29 is 4.74 Å². The van der Waals surface area contributed by atoms with Gasteiger partial charge in [-0.25, -0.2) is 4.99 Å². The van der Waals surface area contributed by atoms with Gasteiger partial charge < -0.3 is 15.8 Å². The van der Waals surface area contributed by atoms with E-state index >= 15 is 0 Å². The van der Waals surface area contributed by atoms with E-state index in [-0.39, 0.29) is 17.0 Å². The molecule has 0 heterocycles. The highest BCUT2D eigenvalue weighted by Crippen LogP contribution is 2.12. The van der Waals surface area contributed by atoms with E-state index in [0.29, 0.717) is 12.5 Å². The Morgan fingerprint density at radius 2 is 1.75 bits per heavy atom. The molecule has 0 saturated carbocycles. The highest BCUT2D eigenvalue weighted by Gasteiger charge is 1.96. The summed E-state index contributed by atoms with van der Waals surface area (Å²) in [4.78, 5) is 4.29. The number of guanidine groups is 1. The van der Waals surface area contributed by atoms with Gasteiger partial charge in [0.05, 0.1) is 13.7 Å². The number of hydrogen-bond acceptors (Lipinski definition) is 2. The zero-order chi connectivity index (χ0) is 13.5. The van der Waals surface area contributed by atoms with Crippen LogP contribution in [-0.4, -0.2) is 13.1 Å². The highest BCUT2D eigenvalue weighted by molar-refractivity contribution is 8.93. The molecule has 0 aliphatic carbocycles. The van der Waals surface area contributed by atoms with Gasteiger partial charge in [0.1, 0.15) is 5.75 Å². The van der Waals surface area contributed by atoms with Crippen LogP contribution in [-0.2, 0) is 6.54 Å². The summed E-state index contributed by atoms with van der Waals surface area (Å²) < 4.78 is 5.10. The molecule has 0 amide bonds. The average Bonchev–Trinajstić information content (AvgIpc) is 2.47. The van der Waals surface area contributed by atoms with Gasteiger partial charge >= 0.3 is 0 Å². The fraction of sp³-hybridized carbons (Fsp3) is 0.133. The molecule has 0 aliphatic rings. The fourth-order valence-corrected chi connectivity index (χ4v) is 1.62. The number of hydrogen-bond donors (Lipinski definition) is 2. The first-order valence-corrected chi connectivity index (χ1v) is 6.03. The summed E-state index contributed by atoms with van der Waals surface area (Å²) in [6, 6.07) is 17.5. The van der Waals surface area contributed by atoms with E-state index < -0.39 is 0 Å². The van der Waals surface area contributed by atoms with E-state index in [0.717, 1.165) is 17.0 Å². The van der Waals surface area contributed by atoms with Crippen LogP contribution in [0.5, 0.6) is 5.75 Å². The Morgan fingerprint density at radius 3 is 2.35 bits per heavy atom. The normalized spacial score (nSPS) is 10.6. The van der Waals surface area contributed by atoms with Crippen molar-refractivity contribution >= 4 is 28.6 Å². The molecule has 2 aromatic rings. The van der Waals surface area contributed by atoms with Crippen LogP contribution >= 0.6 is 17.0 Å². The number of ether oxygens (including phenoxy) is 1. The Hall–Kier alpha value is -2.01. The van der Waals surface area contributed by atoms with Crippen molar-refractivity contribution in [3.05, 3.63) is 60.2 Å². The number of halogens is 1. The Morgan fingerprint density at radius 1 is 1.10 bits per heavy atom. The van der Waals surface area contributed by atoms with Gasteiger partial charge in [-0.2, -0.15) is 0 Å². The summed E-state index contributed by atoms with van der Waals surface area (Å²) in [5.41, 5.74) is 7.84. The lowest BCUT2D eigenvalue weighted by Gasteiger charge is -2.05. The third kappa shape index (κ3) is 4.93. The van der Waals surface area contributed by atoms with Crippen LogP contribution in [0.15, 0.2) is 59.6 Å². The molecular weight excluding hydrogens is 318 g/mol. The van der Waals surface area contributed by atoms with Crippen molar-refractivity contribution in [2.45, 2.75) is 6.54 Å². The van der Waals surface area contributed by atoms with Gasteiger partial charge in [-0.1, -0.05) is 30.3 Å². The summed E-state index contributed by atoms with van der Waals surface area (Å²) in [7, 11) is 1.65. The Kier molecular flexibility index (Phi) is 6.59. The molecule has 4 nitrogen and oxygen atoms in total. The fourth-order valence-electron chi connectivity index (χ4n) is 1.62. The van der Waals surface area contributed by atoms with Crippen LogP contribution in [0.3, 0.4) is 0 Å². The number of para-hydroxylation sites is 1. The van der Waals surface area contributed by atoms with Gasteiger partial charge in [0.15, 0.2) is 5.96 Å². The summed E-state index contributed by atoms with van der Waals surface area (Å²) in [6.45, 7) is 0.537. The van der Waals surface area contributed by atoms with Crippen LogP contribution in [0.25, 0.3) is 0 Å². The topological polar surface area (TPSA) is 59.6 Å². The number of anilines is 1. The zero-order valence-corrected chi connectivity index (χ0v) is 13.0. The van der Waals surface area contributed by atoms with E-state index in [2.05, 4.69) is 10.3 Å². The number of rotatable bonds is 4. The highest BCUT2D eigenvalue weighted by atomic mass is 79.9. The predicted octanol–water partition coefficient (Wildman–Crippen LogP) is 3.20. The molecule has 0 atom stereocenters. The van der Waals surface area contributed by atoms with Crippen molar-refractivity contribution in [3.63, 3.8) is 0 Å². The quantitative estimate of drug-likeness (QED) is 0.666. The zero-order valence-electron chi connectivity index (χ0n) is 11.2. The number of methoxy groups -OCH3 is 1. The second-order valence-corrected chi connectivity index (χ2v) is 4.04. The first-order valence-electron chi connectivity index (χ1n) is 6.03. The molecule has 0 radical (unpaired) electrons. The van der Waals surface area contributed by atoms with Crippen molar-refractivity contribution in [2.75, 3.05) is 12.4 Å². The molecule has 0 fully saturated rings. The van der Waals surface area contributed by atoms with Crippen LogP contribution in [0, 0.1) is 0 Å². The van der Waals surface area contributed by atoms with Crippen molar-refractivity contribution in [1.82, 2.24) is 0 Å². The molecule has 0 aliphatic heterocycles. The second kappa shape index (κ2) is 8.22. The van der Waals surface area contributed by atoms with Crippen molar-refractivity contribution in [1.29, 1.82) is 0 Å². The largest absolute Gasteiger partial charge is 0.497 e. The maximum Gasteiger partial charge on any atom is 0.193 e. The molecular formula is C15H18BrN3O. The predicted molar refractivity (Wildman–Crippen MR) is 88.7 cm³/mol. The van der Waals surface area contributed by atoms with E-state index in [1.807, 2.05) is 54.6 Å². The summed E-state index contributed by atoms with van der Waals surface area (Å²) in [5, 5.41) is 3.04. The second-order valence-electron chi connectivity index (χ2n) is 4.04. The molecule has 2 rings (SSSR count). The number of nitrogens with one attached hydrogen (secondary N) is 1. The average molecular weight is 336 g/mol. The smallest absolute Gasteiger partial charge is 0.193 e. The molecule has 0 unspecified atom stereocenters. The first kappa shape index (κ1) is 16.0. The van der Waals surface area contributed by atoms with Crippen LogP contribution in [0.4, 0.5) is 5.69 Å². The van der Waals surface area contributed by atoms with Gasteiger partial charge in [0.25, 0.3) is 0 Å². The summed E-state index contributed by atoms with van der Waals surface area (Å²) in [6.07, 6.45) is 0. The van der Waals surface area contributed by atoms with Crippen LogP contribution in [0.1, 0.15) is 5.56 Å². The number of nitrogens with zero attached hydrogens (tertiary/aromatic N) is 1. The Labute approximate surface area is 129 Å². The summed E-state index contributed by atoms with van der Waals surface area (Å²) >= 11 is 0. The van der Waals surface area contributed by atoms with Crippen molar-refractivity contribution in [3.8, 4) is 5.75 Å². The molecule has 0 saturated heterocycles. The molecule has 20 heavy (non-hydrogen) atoms. The third-order valence-corrected chi connectivity index (χ3v) is 2.64. The van der Waals surface area contributed by atoms with E-state index in [4.69, 9.17) is 10.5 Å². The van der Waals surface area contributed by atoms with Gasteiger partial charge in [-0.3, -0.25) is 0 Å². The lowest BCUT2D eigenvalue weighted by molar-refractivity contribution is 0.414. The minimum atomic E-state index is 0. The number of aliphatic imine (C=N–C) groups is 1. The van der Waals surface area contributed by atoms with E-state index in [1.165, 1.54) is 0 Å². The van der Waals surface area contributed by atoms with E-state index in [9.17, 15) is 0 Å². The van der Waals surface area contributed by atoms with Crippen LogP contribution < -0.4 is 15.8 Å². The lowest BCUT2D eigenvalue weighted by atomic mass is 10.2. The molecule has 0 spiro atoms. The number of benzene rings is 2. The van der Waals surface area contributed by atoms with Gasteiger partial charge in [0.2, 0.25) is 0 Å². The molecule has 0 bridgehead atoms. The SMILES string of the molecule is Br.COc1ccc(CN=C(N)Nc2ccccc2)cc1. The Balaban J connectivity index is 0.00000200. The summed E-state index contributed by atoms with van der Waals surface area (Å²) in [5.74, 6) is 1.24. The minimum absolute atomic E-state index is 0. The van der Waals surface area contributed by atoms with Crippen LogP contribution in [0.2, 0.25) is 0 Å². The van der Waals surface area contributed by atoms with Crippen molar-refractivity contribution in [2.24, 2.45) is 10.7 Å². The molecule has 106 valence electrons. The van der Waals surface area contributed by atoms with Gasteiger partial charge in [-0.15, -0.1) is 17.0 Å².